The van der Waals surface area contributed by atoms with Crippen LogP contribution in [0.25, 0.3) is 0 Å². The third kappa shape index (κ3) is 3.35. The van der Waals surface area contributed by atoms with Crippen LogP contribution >= 0.6 is 0 Å². The topological polar surface area (TPSA) is 44.5 Å². The van der Waals surface area contributed by atoms with Gasteiger partial charge in [-0.15, -0.1) is 0 Å². The molecule has 0 spiro atoms. The molecule has 3 nitrogen and oxygen atoms in total. The Hall–Kier alpha value is -0.900. The van der Waals surface area contributed by atoms with Crippen LogP contribution in [0.4, 0.5) is 0 Å². The van der Waals surface area contributed by atoms with E-state index in [1.807, 2.05) is 0 Å². The van der Waals surface area contributed by atoms with E-state index < -0.39 is 5.79 Å². The second kappa shape index (κ2) is 6.04. The summed E-state index contributed by atoms with van der Waals surface area (Å²) in [6, 6.07) is 6.47. The molecule has 0 bridgehead atoms. The summed E-state index contributed by atoms with van der Waals surface area (Å²) in [6.07, 6.45) is 0.633. The van der Waals surface area contributed by atoms with Gasteiger partial charge in [-0.1, -0.05) is 32.9 Å². The van der Waals surface area contributed by atoms with Crippen LogP contribution in [0.3, 0.4) is 0 Å². The molecule has 1 aromatic rings. The third-order valence-corrected chi connectivity index (χ3v) is 3.65. The molecular formula is C16H27NO2. The zero-order chi connectivity index (χ0) is 14.7. The zero-order valence-corrected chi connectivity index (χ0v) is 13.0. The minimum absolute atomic E-state index is 0.0956. The number of rotatable bonds is 5. The van der Waals surface area contributed by atoms with Crippen molar-refractivity contribution in [3.8, 4) is 0 Å². The molecule has 0 unspecified atom stereocenters. The van der Waals surface area contributed by atoms with Crippen LogP contribution in [0, 0.1) is 6.92 Å². The number of nitrogens with two attached hydrogens (primary N) is 1. The maximum absolute atomic E-state index is 5.72. The summed E-state index contributed by atoms with van der Waals surface area (Å²) in [4.78, 5) is 0. The molecule has 0 heterocycles. The summed E-state index contributed by atoms with van der Waals surface area (Å²) < 4.78 is 11.3. The van der Waals surface area contributed by atoms with E-state index in [1.54, 1.807) is 14.2 Å². The van der Waals surface area contributed by atoms with Crippen molar-refractivity contribution in [2.24, 2.45) is 5.73 Å². The fourth-order valence-electron chi connectivity index (χ4n) is 2.33. The molecular weight excluding hydrogens is 238 g/mol. The van der Waals surface area contributed by atoms with Crippen LogP contribution in [0.1, 0.15) is 43.9 Å². The molecule has 0 radical (unpaired) electrons. The fraction of sp³-hybridized carbons (Fsp3) is 0.625. The average molecular weight is 265 g/mol. The first-order valence-electron chi connectivity index (χ1n) is 6.72. The zero-order valence-electron chi connectivity index (χ0n) is 13.0. The molecule has 0 saturated carbocycles. The minimum atomic E-state index is -0.750. The van der Waals surface area contributed by atoms with E-state index in [9.17, 15) is 0 Å². The molecule has 2 N–H and O–H groups in total. The molecule has 0 aliphatic heterocycles. The highest BCUT2D eigenvalue weighted by Gasteiger charge is 2.33. The van der Waals surface area contributed by atoms with Crippen LogP contribution in [-0.2, 0) is 20.7 Å². The van der Waals surface area contributed by atoms with Gasteiger partial charge in [-0.3, -0.25) is 0 Å². The van der Waals surface area contributed by atoms with Gasteiger partial charge in [-0.2, -0.15) is 0 Å². The number of methoxy groups -OCH3 is 2. The lowest BCUT2D eigenvalue weighted by Gasteiger charge is -2.33. The Kier molecular flexibility index (Phi) is 5.13. The Bertz CT molecular complexity index is 417. The number of hydrogen-bond acceptors (Lipinski definition) is 3. The molecule has 0 atom stereocenters. The van der Waals surface area contributed by atoms with Gasteiger partial charge in [0, 0.05) is 26.2 Å². The molecule has 0 aliphatic rings. The summed E-state index contributed by atoms with van der Waals surface area (Å²) in [5.41, 5.74) is 9.30. The lowest BCUT2D eigenvalue weighted by molar-refractivity contribution is -0.218. The van der Waals surface area contributed by atoms with Gasteiger partial charge < -0.3 is 15.2 Å². The van der Waals surface area contributed by atoms with Crippen LogP contribution in [0.2, 0.25) is 0 Å². The first-order valence-corrected chi connectivity index (χ1v) is 6.72. The summed E-state index contributed by atoms with van der Waals surface area (Å²) in [6.45, 7) is 9.19. The van der Waals surface area contributed by atoms with Crippen molar-refractivity contribution in [2.45, 2.75) is 45.3 Å². The fourth-order valence-corrected chi connectivity index (χ4v) is 2.33. The van der Waals surface area contributed by atoms with Crippen LogP contribution in [0.5, 0.6) is 0 Å². The maximum Gasteiger partial charge on any atom is 0.195 e. The van der Waals surface area contributed by atoms with Crippen molar-refractivity contribution < 1.29 is 9.47 Å². The highest BCUT2D eigenvalue weighted by molar-refractivity contribution is 5.37. The van der Waals surface area contributed by atoms with Crippen molar-refractivity contribution >= 4 is 0 Å². The highest BCUT2D eigenvalue weighted by atomic mass is 16.7. The number of benzene rings is 1. The van der Waals surface area contributed by atoms with Gasteiger partial charge >= 0.3 is 0 Å². The highest BCUT2D eigenvalue weighted by Crippen LogP contribution is 2.35. The molecule has 0 fully saturated rings. The van der Waals surface area contributed by atoms with Gasteiger partial charge in [0.05, 0.1) is 0 Å². The molecule has 0 aromatic heterocycles. The normalized spacial score (nSPS) is 12.8. The van der Waals surface area contributed by atoms with Crippen molar-refractivity contribution in [1.29, 1.82) is 0 Å². The smallest absolute Gasteiger partial charge is 0.195 e. The van der Waals surface area contributed by atoms with E-state index in [1.165, 1.54) is 5.56 Å². The minimum Gasteiger partial charge on any atom is -0.349 e. The Balaban J connectivity index is 3.37. The number of hydrogen-bond donors (Lipinski definition) is 1. The van der Waals surface area contributed by atoms with Gasteiger partial charge in [0.2, 0.25) is 0 Å². The Labute approximate surface area is 117 Å². The second-order valence-corrected chi connectivity index (χ2v) is 5.98. The third-order valence-electron chi connectivity index (χ3n) is 3.65. The van der Waals surface area contributed by atoms with Gasteiger partial charge in [0.15, 0.2) is 5.79 Å². The van der Waals surface area contributed by atoms with Gasteiger partial charge in [0.1, 0.15) is 0 Å². The van der Waals surface area contributed by atoms with E-state index in [4.69, 9.17) is 15.2 Å². The predicted molar refractivity (Wildman–Crippen MR) is 79.2 cm³/mol. The number of aryl methyl sites for hydroxylation is 1. The largest absolute Gasteiger partial charge is 0.349 e. The van der Waals surface area contributed by atoms with Crippen molar-refractivity contribution in [2.75, 3.05) is 20.8 Å². The van der Waals surface area contributed by atoms with Gasteiger partial charge in [-0.05, 0) is 36.1 Å². The Morgan fingerprint density at radius 3 is 2.11 bits per heavy atom. The first kappa shape index (κ1) is 16.2. The van der Waals surface area contributed by atoms with E-state index in [-0.39, 0.29) is 5.41 Å². The maximum atomic E-state index is 5.72. The number of ether oxygens (including phenoxy) is 2. The van der Waals surface area contributed by atoms with Crippen molar-refractivity contribution in [1.82, 2.24) is 0 Å². The molecule has 108 valence electrons. The molecule has 3 heteroatoms. The van der Waals surface area contributed by atoms with E-state index in [0.717, 1.165) is 11.1 Å². The first-order chi connectivity index (χ1) is 8.80. The van der Waals surface area contributed by atoms with E-state index in [2.05, 4.69) is 45.9 Å². The molecule has 1 aromatic carbocycles. The molecule has 0 saturated heterocycles. The van der Waals surface area contributed by atoms with E-state index in [0.29, 0.717) is 13.0 Å². The average Bonchev–Trinajstić information content (AvgIpc) is 2.35. The van der Waals surface area contributed by atoms with Crippen molar-refractivity contribution in [3.63, 3.8) is 0 Å². The molecule has 19 heavy (non-hydrogen) atoms. The van der Waals surface area contributed by atoms with Gasteiger partial charge in [-0.25, -0.2) is 0 Å². The van der Waals surface area contributed by atoms with Crippen LogP contribution < -0.4 is 5.73 Å². The summed E-state index contributed by atoms with van der Waals surface area (Å²) in [5.74, 6) is -0.750. The van der Waals surface area contributed by atoms with Crippen molar-refractivity contribution in [3.05, 3.63) is 34.9 Å². The van der Waals surface area contributed by atoms with E-state index >= 15 is 0 Å². The Morgan fingerprint density at radius 2 is 1.68 bits per heavy atom. The lowest BCUT2D eigenvalue weighted by Crippen LogP contribution is -2.34. The molecule has 0 aliphatic carbocycles. The molecule has 1 rings (SSSR count). The quantitative estimate of drug-likeness (QED) is 0.832. The molecule has 0 amide bonds. The predicted octanol–water partition coefficient (Wildman–Crippen LogP) is 3.09. The monoisotopic (exact) mass is 265 g/mol. The lowest BCUT2D eigenvalue weighted by atomic mass is 9.83. The summed E-state index contributed by atoms with van der Waals surface area (Å²) in [5, 5.41) is 0. The standard InChI is InChI=1S/C16H27NO2/c1-12-7-8-13(15(2,3)4)11-14(12)16(18-5,19-6)9-10-17/h7-8,11H,9-10,17H2,1-6H3. The second-order valence-electron chi connectivity index (χ2n) is 5.98. The van der Waals surface area contributed by atoms with Crippen LogP contribution in [-0.4, -0.2) is 20.8 Å². The SMILES string of the molecule is COC(CCN)(OC)c1cc(C(C)(C)C)ccc1C. The van der Waals surface area contributed by atoms with Crippen LogP contribution in [0.15, 0.2) is 18.2 Å². The Morgan fingerprint density at radius 1 is 1.11 bits per heavy atom. The summed E-state index contributed by atoms with van der Waals surface area (Å²) >= 11 is 0. The summed E-state index contributed by atoms with van der Waals surface area (Å²) in [7, 11) is 3.34. The van der Waals surface area contributed by atoms with Gasteiger partial charge in [0.25, 0.3) is 0 Å².